The largest absolute Gasteiger partial charge is 0.480 e. The highest BCUT2D eigenvalue weighted by Gasteiger charge is 2.29. The van der Waals surface area contributed by atoms with Gasteiger partial charge in [0.1, 0.15) is 12.6 Å². The van der Waals surface area contributed by atoms with Crippen LogP contribution in [-0.2, 0) is 22.4 Å². The van der Waals surface area contributed by atoms with Gasteiger partial charge < -0.3 is 15.2 Å². The Bertz CT molecular complexity index is 1050. The van der Waals surface area contributed by atoms with E-state index in [1.807, 2.05) is 60.7 Å². The van der Waals surface area contributed by atoms with Crippen molar-refractivity contribution in [3.05, 3.63) is 95.1 Å². The van der Waals surface area contributed by atoms with Crippen molar-refractivity contribution < 1.29 is 19.4 Å². The van der Waals surface area contributed by atoms with Gasteiger partial charge in [-0.05, 0) is 39.8 Å². The van der Waals surface area contributed by atoms with Gasteiger partial charge in [0.15, 0.2) is 0 Å². The third-order valence-electron chi connectivity index (χ3n) is 5.80. The van der Waals surface area contributed by atoms with Crippen LogP contribution in [0.25, 0.3) is 11.1 Å². The summed E-state index contributed by atoms with van der Waals surface area (Å²) in [5, 5.41) is 12.1. The Labute approximate surface area is 181 Å². The van der Waals surface area contributed by atoms with Gasteiger partial charge in [-0.3, -0.25) is 0 Å². The van der Waals surface area contributed by atoms with Crippen LogP contribution in [0.1, 0.15) is 35.1 Å². The Morgan fingerprint density at radius 1 is 0.903 bits per heavy atom. The van der Waals surface area contributed by atoms with E-state index in [1.165, 1.54) is 5.56 Å². The average Bonchev–Trinajstić information content (AvgIpc) is 3.11. The molecule has 0 radical (unpaired) electrons. The van der Waals surface area contributed by atoms with Gasteiger partial charge in [0, 0.05) is 12.3 Å². The maximum absolute atomic E-state index is 12.4. The lowest BCUT2D eigenvalue weighted by molar-refractivity contribution is -0.139. The van der Waals surface area contributed by atoms with Crippen molar-refractivity contribution in [3.8, 4) is 11.1 Å². The molecule has 0 saturated carbocycles. The van der Waals surface area contributed by atoms with Crippen molar-refractivity contribution >= 4 is 12.1 Å². The second-order valence-electron chi connectivity index (χ2n) is 7.73. The number of alkyl carbamates (subject to hydrolysis) is 1. The molecule has 0 saturated heterocycles. The highest BCUT2D eigenvalue weighted by molar-refractivity contribution is 5.81. The molecule has 0 heterocycles. The number of hydrogen-bond acceptors (Lipinski definition) is 3. The molecule has 0 fully saturated rings. The SMILES string of the molecule is CCc1ccc(C[C@H](NC(=O)OCC2c3ccccc3-c3ccccc32)C(=O)O)cc1. The number of amides is 1. The first-order chi connectivity index (χ1) is 15.1. The lowest BCUT2D eigenvalue weighted by atomic mass is 9.98. The van der Waals surface area contributed by atoms with Crippen LogP contribution in [0.15, 0.2) is 72.8 Å². The summed E-state index contributed by atoms with van der Waals surface area (Å²) in [7, 11) is 0. The fourth-order valence-electron chi connectivity index (χ4n) is 4.13. The summed E-state index contributed by atoms with van der Waals surface area (Å²) in [6.07, 6.45) is 0.392. The smallest absolute Gasteiger partial charge is 0.407 e. The fourth-order valence-corrected chi connectivity index (χ4v) is 4.13. The van der Waals surface area contributed by atoms with Crippen LogP contribution in [0.2, 0.25) is 0 Å². The van der Waals surface area contributed by atoms with E-state index in [9.17, 15) is 14.7 Å². The Kier molecular flexibility index (Phi) is 6.03. The Morgan fingerprint density at radius 3 is 2.00 bits per heavy atom. The molecule has 5 heteroatoms. The number of benzene rings is 3. The minimum Gasteiger partial charge on any atom is -0.480 e. The number of aryl methyl sites for hydroxylation is 1. The predicted octanol–water partition coefficient (Wildman–Crippen LogP) is 4.78. The monoisotopic (exact) mass is 415 g/mol. The van der Waals surface area contributed by atoms with Gasteiger partial charge in [0.25, 0.3) is 0 Å². The fraction of sp³-hybridized carbons (Fsp3) is 0.231. The van der Waals surface area contributed by atoms with Crippen LogP contribution < -0.4 is 5.32 Å². The van der Waals surface area contributed by atoms with Gasteiger partial charge in [-0.15, -0.1) is 0 Å². The highest BCUT2D eigenvalue weighted by Crippen LogP contribution is 2.44. The van der Waals surface area contributed by atoms with Gasteiger partial charge >= 0.3 is 12.1 Å². The first-order valence-electron chi connectivity index (χ1n) is 10.5. The molecule has 1 aliphatic carbocycles. The number of rotatable bonds is 7. The zero-order chi connectivity index (χ0) is 21.8. The first-order valence-corrected chi connectivity index (χ1v) is 10.5. The molecule has 4 rings (SSSR count). The molecule has 3 aromatic rings. The van der Waals surface area contributed by atoms with E-state index in [1.54, 1.807) is 0 Å². The second kappa shape index (κ2) is 9.04. The Balaban J connectivity index is 1.41. The van der Waals surface area contributed by atoms with E-state index >= 15 is 0 Å². The molecular formula is C26H25NO4. The number of aliphatic carboxylic acids is 1. The summed E-state index contributed by atoms with van der Waals surface area (Å²) in [6, 6.07) is 22.9. The number of carboxylic acid groups (broad SMARTS) is 1. The highest BCUT2D eigenvalue weighted by atomic mass is 16.5. The molecule has 158 valence electrons. The Hall–Kier alpha value is -3.60. The van der Waals surface area contributed by atoms with Gasteiger partial charge in [-0.1, -0.05) is 79.7 Å². The average molecular weight is 415 g/mol. The topological polar surface area (TPSA) is 75.6 Å². The summed E-state index contributed by atoms with van der Waals surface area (Å²) in [5.41, 5.74) is 6.55. The first kappa shape index (κ1) is 20.7. The van der Waals surface area contributed by atoms with Crippen molar-refractivity contribution in [3.63, 3.8) is 0 Å². The number of carbonyl (C=O) groups excluding carboxylic acids is 1. The molecule has 0 unspecified atom stereocenters. The number of hydrogen-bond donors (Lipinski definition) is 2. The van der Waals surface area contributed by atoms with Crippen molar-refractivity contribution in [2.45, 2.75) is 31.7 Å². The maximum atomic E-state index is 12.4. The molecule has 0 aliphatic heterocycles. The predicted molar refractivity (Wildman–Crippen MR) is 119 cm³/mol. The number of ether oxygens (including phenoxy) is 1. The van der Waals surface area contributed by atoms with E-state index in [-0.39, 0.29) is 18.9 Å². The quantitative estimate of drug-likeness (QED) is 0.582. The van der Waals surface area contributed by atoms with E-state index in [0.717, 1.165) is 34.2 Å². The number of fused-ring (bicyclic) bond motifs is 3. The van der Waals surface area contributed by atoms with Crippen LogP contribution in [0.3, 0.4) is 0 Å². The van der Waals surface area contributed by atoms with Crippen LogP contribution in [0.4, 0.5) is 4.79 Å². The number of nitrogens with one attached hydrogen (secondary N) is 1. The molecule has 0 aromatic heterocycles. The van der Waals surface area contributed by atoms with Crippen molar-refractivity contribution in [2.24, 2.45) is 0 Å². The summed E-state index contributed by atoms with van der Waals surface area (Å²) in [6.45, 7) is 2.21. The molecule has 31 heavy (non-hydrogen) atoms. The lowest BCUT2D eigenvalue weighted by Crippen LogP contribution is -2.42. The summed E-state index contributed by atoms with van der Waals surface area (Å²) in [5.74, 6) is -1.16. The van der Waals surface area contributed by atoms with Gasteiger partial charge in [-0.2, -0.15) is 0 Å². The minimum atomic E-state index is -1.09. The molecule has 0 bridgehead atoms. The minimum absolute atomic E-state index is 0.0667. The third-order valence-corrected chi connectivity index (χ3v) is 5.80. The molecule has 5 nitrogen and oxygen atoms in total. The molecule has 1 aliphatic rings. The van der Waals surface area contributed by atoms with Crippen molar-refractivity contribution in [1.29, 1.82) is 0 Å². The summed E-state index contributed by atoms with van der Waals surface area (Å²) in [4.78, 5) is 24.1. The van der Waals surface area contributed by atoms with Gasteiger partial charge in [0.05, 0.1) is 0 Å². The van der Waals surface area contributed by atoms with Crippen LogP contribution in [-0.4, -0.2) is 29.8 Å². The molecular weight excluding hydrogens is 390 g/mol. The number of carboxylic acids is 1. The van der Waals surface area contributed by atoms with Crippen LogP contribution in [0.5, 0.6) is 0 Å². The molecule has 1 amide bonds. The van der Waals surface area contributed by atoms with Crippen LogP contribution >= 0.6 is 0 Å². The van der Waals surface area contributed by atoms with Crippen molar-refractivity contribution in [1.82, 2.24) is 5.32 Å². The van der Waals surface area contributed by atoms with Gasteiger partial charge in [-0.25, -0.2) is 9.59 Å². The normalized spacial score (nSPS) is 13.2. The lowest BCUT2D eigenvalue weighted by Gasteiger charge is -2.17. The molecule has 0 spiro atoms. The molecule has 2 N–H and O–H groups in total. The van der Waals surface area contributed by atoms with E-state index < -0.39 is 18.1 Å². The standard InChI is InChI=1S/C26H25NO4/c1-2-17-11-13-18(14-12-17)15-24(25(28)29)27-26(30)31-16-23-21-9-5-3-7-19(21)20-8-4-6-10-22(20)23/h3-14,23-24H,2,15-16H2,1H3,(H,27,30)(H,28,29)/t24-/m0/s1. The van der Waals surface area contributed by atoms with Gasteiger partial charge in [0.2, 0.25) is 0 Å². The van der Waals surface area contributed by atoms with Crippen molar-refractivity contribution in [2.75, 3.05) is 6.61 Å². The Morgan fingerprint density at radius 2 is 1.45 bits per heavy atom. The summed E-state index contributed by atoms with van der Waals surface area (Å²) >= 11 is 0. The molecule has 1 atom stereocenters. The zero-order valence-electron chi connectivity index (χ0n) is 17.4. The zero-order valence-corrected chi connectivity index (χ0v) is 17.4. The van der Waals surface area contributed by atoms with E-state index in [0.29, 0.717) is 0 Å². The summed E-state index contributed by atoms with van der Waals surface area (Å²) < 4.78 is 5.48. The molecule has 3 aromatic carbocycles. The second-order valence-corrected chi connectivity index (χ2v) is 7.73. The third kappa shape index (κ3) is 4.45. The van der Waals surface area contributed by atoms with Crippen LogP contribution in [0, 0.1) is 0 Å². The van der Waals surface area contributed by atoms with E-state index in [2.05, 4.69) is 24.4 Å². The number of carbonyl (C=O) groups is 2. The maximum Gasteiger partial charge on any atom is 0.407 e. The van der Waals surface area contributed by atoms with E-state index in [4.69, 9.17) is 4.74 Å².